The largest absolute Gasteiger partial charge is 0.346 e. The number of rotatable bonds is 1. The highest BCUT2D eigenvalue weighted by Crippen LogP contribution is 2.27. The normalized spacial score (nSPS) is 20.6. The van der Waals surface area contributed by atoms with Crippen molar-refractivity contribution in [2.45, 2.75) is 6.92 Å². The lowest BCUT2D eigenvalue weighted by molar-refractivity contribution is 0.607. The SMILES string of the molecule is C[C@@H]1C=C(c2c[nH]c3ncc(Cl)cc23)CNC1. The van der Waals surface area contributed by atoms with E-state index in [0.717, 1.165) is 24.1 Å². The smallest absolute Gasteiger partial charge is 0.137 e. The summed E-state index contributed by atoms with van der Waals surface area (Å²) in [6, 6.07) is 1.97. The molecule has 3 heterocycles. The van der Waals surface area contributed by atoms with E-state index in [1.807, 2.05) is 12.3 Å². The first-order chi connectivity index (χ1) is 8.24. The van der Waals surface area contributed by atoms with Crippen LogP contribution < -0.4 is 5.32 Å². The van der Waals surface area contributed by atoms with Crippen LogP contribution in [0.4, 0.5) is 0 Å². The van der Waals surface area contributed by atoms with Gasteiger partial charge in [0.2, 0.25) is 0 Å². The average molecular weight is 248 g/mol. The Morgan fingerprint density at radius 3 is 3.18 bits per heavy atom. The van der Waals surface area contributed by atoms with Crippen LogP contribution in [0.5, 0.6) is 0 Å². The fourth-order valence-electron chi connectivity index (χ4n) is 2.32. The summed E-state index contributed by atoms with van der Waals surface area (Å²) < 4.78 is 0. The molecule has 1 atom stereocenters. The minimum absolute atomic E-state index is 0.566. The average Bonchev–Trinajstić information content (AvgIpc) is 2.71. The molecule has 0 amide bonds. The third-order valence-corrected chi connectivity index (χ3v) is 3.32. The molecule has 0 saturated heterocycles. The van der Waals surface area contributed by atoms with Gasteiger partial charge in [-0.15, -0.1) is 0 Å². The molecule has 0 unspecified atom stereocenters. The monoisotopic (exact) mass is 247 g/mol. The van der Waals surface area contributed by atoms with Crippen molar-refractivity contribution in [3.8, 4) is 0 Å². The van der Waals surface area contributed by atoms with Crippen molar-refractivity contribution in [1.82, 2.24) is 15.3 Å². The van der Waals surface area contributed by atoms with E-state index in [1.165, 1.54) is 11.1 Å². The van der Waals surface area contributed by atoms with Gasteiger partial charge in [-0.3, -0.25) is 0 Å². The first-order valence-electron chi connectivity index (χ1n) is 5.78. The van der Waals surface area contributed by atoms with Gasteiger partial charge in [-0.05, 0) is 17.6 Å². The molecule has 4 heteroatoms. The Labute approximate surface area is 105 Å². The van der Waals surface area contributed by atoms with Crippen LogP contribution in [-0.4, -0.2) is 23.1 Å². The molecule has 3 rings (SSSR count). The van der Waals surface area contributed by atoms with E-state index in [-0.39, 0.29) is 0 Å². The van der Waals surface area contributed by atoms with E-state index in [2.05, 4.69) is 28.3 Å². The predicted molar refractivity (Wildman–Crippen MR) is 71.1 cm³/mol. The van der Waals surface area contributed by atoms with Crippen molar-refractivity contribution < 1.29 is 0 Å². The molecule has 2 aromatic heterocycles. The molecular weight excluding hydrogens is 234 g/mol. The van der Waals surface area contributed by atoms with Gasteiger partial charge in [-0.25, -0.2) is 4.98 Å². The second-order valence-corrected chi connectivity index (χ2v) is 4.99. The Bertz CT molecular complexity index is 585. The summed E-state index contributed by atoms with van der Waals surface area (Å²) in [5.41, 5.74) is 3.41. The highest BCUT2D eigenvalue weighted by atomic mass is 35.5. The van der Waals surface area contributed by atoms with E-state index in [4.69, 9.17) is 11.6 Å². The van der Waals surface area contributed by atoms with Gasteiger partial charge < -0.3 is 10.3 Å². The fraction of sp³-hybridized carbons (Fsp3) is 0.308. The Balaban J connectivity index is 2.14. The Morgan fingerprint density at radius 2 is 2.35 bits per heavy atom. The quantitative estimate of drug-likeness (QED) is 0.814. The summed E-state index contributed by atoms with van der Waals surface area (Å²) in [5, 5.41) is 5.19. The predicted octanol–water partition coefficient (Wildman–Crippen LogP) is 2.84. The molecule has 0 aromatic carbocycles. The molecule has 0 bridgehead atoms. The number of nitrogens with zero attached hydrogens (tertiary/aromatic N) is 1. The van der Waals surface area contributed by atoms with Gasteiger partial charge in [0.15, 0.2) is 0 Å². The van der Waals surface area contributed by atoms with Gasteiger partial charge in [-0.1, -0.05) is 24.6 Å². The van der Waals surface area contributed by atoms with E-state index >= 15 is 0 Å². The topological polar surface area (TPSA) is 40.7 Å². The highest BCUT2D eigenvalue weighted by Gasteiger charge is 2.14. The maximum absolute atomic E-state index is 6.00. The molecule has 17 heavy (non-hydrogen) atoms. The summed E-state index contributed by atoms with van der Waals surface area (Å²) in [5.74, 6) is 0.566. The molecule has 1 aliphatic rings. The number of aromatic amines is 1. The molecule has 0 aliphatic carbocycles. The minimum Gasteiger partial charge on any atom is -0.346 e. The number of pyridine rings is 1. The van der Waals surface area contributed by atoms with Crippen molar-refractivity contribution in [3.63, 3.8) is 0 Å². The number of fused-ring (bicyclic) bond motifs is 1. The summed E-state index contributed by atoms with van der Waals surface area (Å²) in [6.45, 7) is 4.17. The maximum atomic E-state index is 6.00. The van der Waals surface area contributed by atoms with E-state index in [1.54, 1.807) is 6.20 Å². The molecule has 3 nitrogen and oxygen atoms in total. The van der Waals surface area contributed by atoms with Crippen molar-refractivity contribution in [3.05, 3.63) is 35.1 Å². The van der Waals surface area contributed by atoms with Gasteiger partial charge in [-0.2, -0.15) is 0 Å². The van der Waals surface area contributed by atoms with Crippen molar-refractivity contribution in [2.75, 3.05) is 13.1 Å². The van der Waals surface area contributed by atoms with Gasteiger partial charge in [0.1, 0.15) is 5.65 Å². The van der Waals surface area contributed by atoms with Gasteiger partial charge in [0.25, 0.3) is 0 Å². The summed E-state index contributed by atoms with van der Waals surface area (Å²) in [7, 11) is 0. The summed E-state index contributed by atoms with van der Waals surface area (Å²) >= 11 is 6.00. The first kappa shape index (κ1) is 10.8. The molecule has 88 valence electrons. The van der Waals surface area contributed by atoms with Crippen LogP contribution in [0.3, 0.4) is 0 Å². The van der Waals surface area contributed by atoms with Gasteiger partial charge >= 0.3 is 0 Å². The molecule has 0 radical (unpaired) electrons. The number of hydrogen-bond acceptors (Lipinski definition) is 2. The molecule has 1 aliphatic heterocycles. The highest BCUT2D eigenvalue weighted by molar-refractivity contribution is 6.31. The van der Waals surface area contributed by atoms with E-state index in [9.17, 15) is 0 Å². The lowest BCUT2D eigenvalue weighted by atomic mass is 9.97. The van der Waals surface area contributed by atoms with Gasteiger partial charge in [0, 0.05) is 36.4 Å². The zero-order valence-electron chi connectivity index (χ0n) is 9.63. The lowest BCUT2D eigenvalue weighted by Crippen LogP contribution is -2.26. The number of nitrogens with one attached hydrogen (secondary N) is 2. The van der Waals surface area contributed by atoms with E-state index in [0.29, 0.717) is 10.9 Å². The standard InChI is InChI=1S/C13H14ClN3/c1-8-2-9(5-15-4-8)12-7-17-13-11(12)3-10(14)6-16-13/h2-3,6-8,15H,4-5H2,1H3,(H,16,17)/t8-/m1/s1. The van der Waals surface area contributed by atoms with E-state index < -0.39 is 0 Å². The zero-order chi connectivity index (χ0) is 11.8. The molecular formula is C13H14ClN3. The number of halogens is 1. The van der Waals surface area contributed by atoms with Crippen LogP contribution in [0.1, 0.15) is 12.5 Å². The Morgan fingerprint density at radius 1 is 1.47 bits per heavy atom. The second kappa shape index (κ2) is 4.17. The number of aromatic nitrogens is 2. The Hall–Kier alpha value is -1.32. The summed E-state index contributed by atoms with van der Waals surface area (Å²) in [6.07, 6.45) is 6.00. The van der Waals surface area contributed by atoms with Crippen molar-refractivity contribution in [1.29, 1.82) is 0 Å². The van der Waals surface area contributed by atoms with Crippen LogP contribution in [0, 0.1) is 5.92 Å². The van der Waals surface area contributed by atoms with Crippen LogP contribution in [-0.2, 0) is 0 Å². The molecule has 2 aromatic rings. The van der Waals surface area contributed by atoms with Crippen molar-refractivity contribution in [2.24, 2.45) is 5.92 Å². The number of hydrogen-bond donors (Lipinski definition) is 2. The second-order valence-electron chi connectivity index (χ2n) is 4.55. The molecule has 0 fully saturated rings. The fourth-order valence-corrected chi connectivity index (χ4v) is 2.48. The zero-order valence-corrected chi connectivity index (χ0v) is 10.4. The minimum atomic E-state index is 0.566. The van der Waals surface area contributed by atoms with Crippen LogP contribution in [0.15, 0.2) is 24.5 Å². The first-order valence-corrected chi connectivity index (χ1v) is 6.16. The third-order valence-electron chi connectivity index (χ3n) is 3.11. The lowest BCUT2D eigenvalue weighted by Gasteiger charge is -2.18. The van der Waals surface area contributed by atoms with Crippen molar-refractivity contribution >= 4 is 28.2 Å². The van der Waals surface area contributed by atoms with Crippen LogP contribution >= 0.6 is 11.6 Å². The summed E-state index contributed by atoms with van der Waals surface area (Å²) in [4.78, 5) is 7.47. The van der Waals surface area contributed by atoms with Crippen LogP contribution in [0.25, 0.3) is 16.6 Å². The molecule has 0 saturated carbocycles. The Kier molecular flexibility index (Phi) is 2.65. The molecule has 0 spiro atoms. The maximum Gasteiger partial charge on any atom is 0.137 e. The van der Waals surface area contributed by atoms with Crippen LogP contribution in [0.2, 0.25) is 5.02 Å². The molecule has 2 N–H and O–H groups in total. The van der Waals surface area contributed by atoms with Gasteiger partial charge in [0.05, 0.1) is 5.02 Å². The third kappa shape index (κ3) is 1.96. The number of H-pyrrole nitrogens is 1.